The van der Waals surface area contributed by atoms with Gasteiger partial charge in [-0.3, -0.25) is 4.79 Å². The van der Waals surface area contributed by atoms with Gasteiger partial charge in [-0.1, -0.05) is 6.07 Å². The molecule has 0 saturated carbocycles. The van der Waals surface area contributed by atoms with Crippen LogP contribution in [0.5, 0.6) is 0 Å². The normalized spacial score (nSPS) is 10.7. The lowest BCUT2D eigenvalue weighted by atomic mass is 10.1. The van der Waals surface area contributed by atoms with Crippen molar-refractivity contribution in [1.29, 1.82) is 0 Å². The molecule has 1 amide bonds. The number of para-hydroxylation sites is 1. The molecular weight excluding hydrogens is 273 g/mol. The third kappa shape index (κ3) is 5.69. The molecule has 0 fully saturated rings. The van der Waals surface area contributed by atoms with Crippen LogP contribution in [0.3, 0.4) is 0 Å². The van der Waals surface area contributed by atoms with Crippen molar-refractivity contribution in [2.24, 2.45) is 0 Å². The Morgan fingerprint density at radius 2 is 2.14 bits per heavy atom. The van der Waals surface area contributed by atoms with Crippen molar-refractivity contribution >= 4 is 11.6 Å². The number of rotatable bonds is 9. The smallest absolute Gasteiger partial charge is 0.253 e. The van der Waals surface area contributed by atoms with Crippen LogP contribution in [0.4, 0.5) is 10.1 Å². The minimum absolute atomic E-state index is 0.255. The van der Waals surface area contributed by atoms with E-state index in [1.807, 2.05) is 14.0 Å². The van der Waals surface area contributed by atoms with Gasteiger partial charge in [0.05, 0.1) is 17.9 Å². The van der Waals surface area contributed by atoms with Crippen molar-refractivity contribution in [3.05, 3.63) is 29.6 Å². The number of hydrogen-bond acceptors (Lipinski definition) is 4. The molecule has 21 heavy (non-hydrogen) atoms. The van der Waals surface area contributed by atoms with Crippen molar-refractivity contribution < 1.29 is 13.9 Å². The first kappa shape index (κ1) is 17.4. The van der Waals surface area contributed by atoms with Gasteiger partial charge in [-0.2, -0.15) is 0 Å². The topological polar surface area (TPSA) is 53.6 Å². The summed E-state index contributed by atoms with van der Waals surface area (Å²) in [4.78, 5) is 14.2. The standard InChI is InChI=1S/C15H24FN3O2/c1-4-17-14-12(6-5-7-13(14)16)15(20)18-8-9-19(2)10-11-21-3/h5-7,17H,4,8-11H2,1-3H3,(H,18,20). The van der Waals surface area contributed by atoms with Crippen molar-refractivity contribution in [2.75, 3.05) is 52.3 Å². The molecule has 0 bridgehead atoms. The molecule has 0 heterocycles. The number of carbonyl (C=O) groups excluding carboxylic acids is 1. The molecule has 0 saturated heterocycles. The molecular formula is C15H24FN3O2. The summed E-state index contributed by atoms with van der Waals surface area (Å²) >= 11 is 0. The van der Waals surface area contributed by atoms with Gasteiger partial charge in [0.15, 0.2) is 0 Å². The summed E-state index contributed by atoms with van der Waals surface area (Å²) in [5.74, 6) is -0.688. The summed E-state index contributed by atoms with van der Waals surface area (Å²) in [6.07, 6.45) is 0. The summed E-state index contributed by atoms with van der Waals surface area (Å²) in [5.41, 5.74) is 0.585. The van der Waals surface area contributed by atoms with Crippen LogP contribution < -0.4 is 10.6 Å². The molecule has 0 unspecified atom stereocenters. The Morgan fingerprint density at radius 3 is 2.81 bits per heavy atom. The van der Waals surface area contributed by atoms with Gasteiger partial charge in [0.2, 0.25) is 0 Å². The van der Waals surface area contributed by atoms with Gasteiger partial charge in [-0.15, -0.1) is 0 Å². The molecule has 0 atom stereocenters. The molecule has 118 valence electrons. The largest absolute Gasteiger partial charge is 0.383 e. The number of hydrogen-bond donors (Lipinski definition) is 2. The van der Waals surface area contributed by atoms with Crippen molar-refractivity contribution in [2.45, 2.75) is 6.92 Å². The molecule has 0 radical (unpaired) electrons. The fraction of sp³-hybridized carbons (Fsp3) is 0.533. The molecule has 0 aliphatic rings. The lowest BCUT2D eigenvalue weighted by Gasteiger charge is -2.17. The van der Waals surface area contributed by atoms with Crippen molar-refractivity contribution in [3.8, 4) is 0 Å². The van der Waals surface area contributed by atoms with Gasteiger partial charge in [-0.05, 0) is 26.1 Å². The molecule has 0 spiro atoms. The van der Waals surface area contributed by atoms with E-state index in [2.05, 4.69) is 15.5 Å². The monoisotopic (exact) mass is 297 g/mol. The fourth-order valence-corrected chi connectivity index (χ4v) is 1.88. The van der Waals surface area contributed by atoms with Gasteiger partial charge >= 0.3 is 0 Å². The molecule has 6 heteroatoms. The van der Waals surface area contributed by atoms with Crippen LogP contribution in [0.25, 0.3) is 0 Å². The Kier molecular flexibility index (Phi) is 7.71. The van der Waals surface area contributed by atoms with Crippen molar-refractivity contribution in [1.82, 2.24) is 10.2 Å². The van der Waals surface area contributed by atoms with E-state index in [4.69, 9.17) is 4.74 Å². The second kappa shape index (κ2) is 9.31. The highest BCUT2D eigenvalue weighted by atomic mass is 19.1. The predicted octanol–water partition coefficient (Wildman–Crippen LogP) is 1.57. The Morgan fingerprint density at radius 1 is 1.38 bits per heavy atom. The zero-order chi connectivity index (χ0) is 15.7. The van der Waals surface area contributed by atoms with E-state index >= 15 is 0 Å². The Bertz CT molecular complexity index is 455. The summed E-state index contributed by atoms with van der Waals surface area (Å²) in [6.45, 7) is 5.08. The van der Waals surface area contributed by atoms with Crippen LogP contribution in [-0.4, -0.2) is 57.8 Å². The van der Waals surface area contributed by atoms with Gasteiger partial charge in [0.1, 0.15) is 5.82 Å². The lowest BCUT2D eigenvalue weighted by molar-refractivity contribution is 0.0948. The summed E-state index contributed by atoms with van der Waals surface area (Å²) in [7, 11) is 3.61. The second-order valence-electron chi connectivity index (χ2n) is 4.74. The van der Waals surface area contributed by atoms with Crippen LogP contribution in [0.15, 0.2) is 18.2 Å². The first-order chi connectivity index (χ1) is 10.1. The van der Waals surface area contributed by atoms with E-state index in [0.717, 1.165) is 6.54 Å². The number of amides is 1. The number of likely N-dealkylation sites (N-methyl/N-ethyl adjacent to an activating group) is 1. The maximum absolute atomic E-state index is 13.7. The van der Waals surface area contributed by atoms with Gasteiger partial charge in [0, 0.05) is 33.3 Å². The molecule has 2 N–H and O–H groups in total. The molecule has 0 aliphatic heterocycles. The minimum Gasteiger partial charge on any atom is -0.383 e. The number of nitrogens with one attached hydrogen (secondary N) is 2. The van der Waals surface area contributed by atoms with Crippen LogP contribution in [0.2, 0.25) is 0 Å². The number of halogens is 1. The maximum atomic E-state index is 13.7. The van der Waals surface area contributed by atoms with Gasteiger partial charge in [-0.25, -0.2) is 4.39 Å². The van der Waals surface area contributed by atoms with E-state index < -0.39 is 5.82 Å². The molecule has 1 aromatic rings. The number of nitrogens with zero attached hydrogens (tertiary/aromatic N) is 1. The lowest BCUT2D eigenvalue weighted by Crippen LogP contribution is -2.34. The highest BCUT2D eigenvalue weighted by Crippen LogP contribution is 2.19. The number of anilines is 1. The quantitative estimate of drug-likeness (QED) is 0.726. The zero-order valence-corrected chi connectivity index (χ0v) is 12.9. The second-order valence-corrected chi connectivity index (χ2v) is 4.74. The van der Waals surface area contributed by atoms with E-state index in [0.29, 0.717) is 31.8 Å². The van der Waals surface area contributed by atoms with E-state index in [1.165, 1.54) is 12.1 Å². The molecule has 5 nitrogen and oxygen atoms in total. The Hall–Kier alpha value is -1.66. The summed E-state index contributed by atoms with van der Waals surface area (Å²) in [6, 6.07) is 4.49. The zero-order valence-electron chi connectivity index (χ0n) is 12.9. The highest BCUT2D eigenvalue weighted by molar-refractivity contribution is 5.99. The highest BCUT2D eigenvalue weighted by Gasteiger charge is 2.14. The van der Waals surface area contributed by atoms with E-state index in [9.17, 15) is 9.18 Å². The Balaban J connectivity index is 2.54. The third-order valence-electron chi connectivity index (χ3n) is 3.07. The number of carbonyl (C=O) groups is 1. The summed E-state index contributed by atoms with van der Waals surface area (Å²) in [5, 5.41) is 5.69. The van der Waals surface area contributed by atoms with Gasteiger partial charge < -0.3 is 20.3 Å². The first-order valence-electron chi connectivity index (χ1n) is 7.08. The minimum atomic E-state index is -0.415. The van der Waals surface area contributed by atoms with Crippen LogP contribution in [-0.2, 0) is 4.74 Å². The summed E-state index contributed by atoms with van der Waals surface area (Å²) < 4.78 is 18.7. The van der Waals surface area contributed by atoms with Crippen LogP contribution >= 0.6 is 0 Å². The van der Waals surface area contributed by atoms with Crippen LogP contribution in [0.1, 0.15) is 17.3 Å². The Labute approximate surface area is 125 Å². The molecule has 1 aromatic carbocycles. The maximum Gasteiger partial charge on any atom is 0.253 e. The average molecular weight is 297 g/mol. The number of benzene rings is 1. The molecule has 1 rings (SSSR count). The SMILES string of the molecule is CCNc1c(F)cccc1C(=O)NCCN(C)CCOC. The third-order valence-corrected chi connectivity index (χ3v) is 3.07. The fourth-order valence-electron chi connectivity index (χ4n) is 1.88. The average Bonchev–Trinajstić information content (AvgIpc) is 2.47. The number of methoxy groups -OCH3 is 1. The first-order valence-corrected chi connectivity index (χ1v) is 7.08. The predicted molar refractivity (Wildman–Crippen MR) is 82.3 cm³/mol. The van der Waals surface area contributed by atoms with Crippen molar-refractivity contribution in [3.63, 3.8) is 0 Å². The molecule has 0 aliphatic carbocycles. The van der Waals surface area contributed by atoms with E-state index in [1.54, 1.807) is 13.2 Å². The van der Waals surface area contributed by atoms with Crippen LogP contribution in [0, 0.1) is 5.82 Å². The molecule has 0 aromatic heterocycles. The number of ether oxygens (including phenoxy) is 1. The van der Waals surface area contributed by atoms with Gasteiger partial charge in [0.25, 0.3) is 5.91 Å². The van der Waals surface area contributed by atoms with E-state index in [-0.39, 0.29) is 11.6 Å².